The third-order valence-corrected chi connectivity index (χ3v) is 3.83. The second-order valence-electron chi connectivity index (χ2n) is 5.64. The van der Waals surface area contributed by atoms with Gasteiger partial charge >= 0.3 is 0 Å². The Labute approximate surface area is 136 Å². The van der Waals surface area contributed by atoms with E-state index in [4.69, 9.17) is 0 Å². The molecular formula is C19H21N3O. The molecule has 1 heterocycles. The van der Waals surface area contributed by atoms with Crippen LogP contribution in [-0.4, -0.2) is 22.4 Å². The standard InChI is InChI=1S/C19H21N3O/c23-19(20-14-13-15-7-2-1-3-8-15)12-6-11-18-21-16-9-4-5-10-17(16)22-18/h1-5,7-10H,6,11-14H2,(H,20,23)(H,21,22). The summed E-state index contributed by atoms with van der Waals surface area (Å²) in [7, 11) is 0. The number of para-hydroxylation sites is 2. The molecule has 1 aromatic heterocycles. The molecule has 0 fully saturated rings. The number of hydrogen-bond acceptors (Lipinski definition) is 2. The van der Waals surface area contributed by atoms with Crippen LogP contribution in [0.3, 0.4) is 0 Å². The first-order valence-electron chi connectivity index (χ1n) is 8.05. The lowest BCUT2D eigenvalue weighted by Crippen LogP contribution is -2.25. The monoisotopic (exact) mass is 307 g/mol. The first-order chi connectivity index (χ1) is 11.3. The lowest BCUT2D eigenvalue weighted by molar-refractivity contribution is -0.121. The summed E-state index contributed by atoms with van der Waals surface area (Å²) in [5.41, 5.74) is 3.28. The number of amides is 1. The Balaban J connectivity index is 1.37. The van der Waals surface area contributed by atoms with Gasteiger partial charge in [-0.1, -0.05) is 42.5 Å². The Kier molecular flexibility index (Phi) is 5.04. The van der Waals surface area contributed by atoms with Crippen LogP contribution in [0.15, 0.2) is 54.6 Å². The van der Waals surface area contributed by atoms with E-state index < -0.39 is 0 Å². The average molecular weight is 307 g/mol. The SMILES string of the molecule is O=C(CCCc1nc2ccccc2[nH]1)NCCc1ccccc1. The van der Waals surface area contributed by atoms with Crippen LogP contribution in [-0.2, 0) is 17.6 Å². The molecule has 118 valence electrons. The van der Waals surface area contributed by atoms with Crippen LogP contribution >= 0.6 is 0 Å². The Hall–Kier alpha value is -2.62. The van der Waals surface area contributed by atoms with Crippen LogP contribution in [0.25, 0.3) is 11.0 Å². The summed E-state index contributed by atoms with van der Waals surface area (Å²) < 4.78 is 0. The molecule has 4 heteroatoms. The van der Waals surface area contributed by atoms with E-state index >= 15 is 0 Å². The highest BCUT2D eigenvalue weighted by Gasteiger charge is 2.05. The number of fused-ring (bicyclic) bond motifs is 1. The van der Waals surface area contributed by atoms with Crippen molar-refractivity contribution in [2.75, 3.05) is 6.54 Å². The van der Waals surface area contributed by atoms with Crippen LogP contribution in [0, 0.1) is 0 Å². The highest BCUT2D eigenvalue weighted by Crippen LogP contribution is 2.11. The van der Waals surface area contributed by atoms with E-state index in [9.17, 15) is 4.79 Å². The molecule has 0 atom stereocenters. The van der Waals surface area contributed by atoms with Gasteiger partial charge in [-0.2, -0.15) is 0 Å². The van der Waals surface area contributed by atoms with Crippen molar-refractivity contribution < 1.29 is 4.79 Å². The van der Waals surface area contributed by atoms with E-state index in [0.29, 0.717) is 13.0 Å². The largest absolute Gasteiger partial charge is 0.356 e. The highest BCUT2D eigenvalue weighted by molar-refractivity contribution is 5.76. The quantitative estimate of drug-likeness (QED) is 0.704. The minimum Gasteiger partial charge on any atom is -0.356 e. The molecule has 23 heavy (non-hydrogen) atoms. The van der Waals surface area contributed by atoms with Crippen LogP contribution in [0.5, 0.6) is 0 Å². The first-order valence-corrected chi connectivity index (χ1v) is 8.05. The maximum Gasteiger partial charge on any atom is 0.220 e. The van der Waals surface area contributed by atoms with Crippen molar-refractivity contribution in [1.29, 1.82) is 0 Å². The van der Waals surface area contributed by atoms with Gasteiger partial charge in [-0.05, 0) is 30.5 Å². The molecule has 0 aliphatic carbocycles. The lowest BCUT2D eigenvalue weighted by atomic mass is 10.1. The number of hydrogen-bond donors (Lipinski definition) is 2. The van der Waals surface area contributed by atoms with Gasteiger partial charge in [0.05, 0.1) is 11.0 Å². The molecule has 3 rings (SSSR count). The molecule has 0 aliphatic heterocycles. The predicted octanol–water partition coefficient (Wildman–Crippen LogP) is 3.24. The molecular weight excluding hydrogens is 286 g/mol. The molecule has 0 unspecified atom stereocenters. The smallest absolute Gasteiger partial charge is 0.220 e. The number of rotatable bonds is 7. The fraction of sp³-hybridized carbons (Fsp3) is 0.263. The topological polar surface area (TPSA) is 57.8 Å². The van der Waals surface area contributed by atoms with Crippen LogP contribution in [0.4, 0.5) is 0 Å². The van der Waals surface area contributed by atoms with Crippen molar-refractivity contribution in [1.82, 2.24) is 15.3 Å². The Bertz CT molecular complexity index is 731. The number of aromatic amines is 1. The maximum absolute atomic E-state index is 11.9. The molecule has 2 aromatic carbocycles. The number of benzene rings is 2. The third-order valence-electron chi connectivity index (χ3n) is 3.83. The zero-order chi connectivity index (χ0) is 15.9. The fourth-order valence-electron chi connectivity index (χ4n) is 2.62. The first kappa shape index (κ1) is 15.3. The molecule has 3 aromatic rings. The lowest BCUT2D eigenvalue weighted by Gasteiger charge is -2.05. The summed E-state index contributed by atoms with van der Waals surface area (Å²) >= 11 is 0. The molecule has 1 amide bonds. The van der Waals surface area contributed by atoms with Gasteiger partial charge in [-0.15, -0.1) is 0 Å². The number of H-pyrrole nitrogens is 1. The van der Waals surface area contributed by atoms with E-state index in [-0.39, 0.29) is 5.91 Å². The average Bonchev–Trinajstić information content (AvgIpc) is 2.98. The number of nitrogens with zero attached hydrogens (tertiary/aromatic N) is 1. The van der Waals surface area contributed by atoms with E-state index in [2.05, 4.69) is 27.4 Å². The van der Waals surface area contributed by atoms with Crippen molar-refractivity contribution in [2.24, 2.45) is 0 Å². The van der Waals surface area contributed by atoms with E-state index in [1.165, 1.54) is 5.56 Å². The van der Waals surface area contributed by atoms with Gasteiger partial charge in [0, 0.05) is 19.4 Å². The minimum atomic E-state index is 0.108. The number of imidazole rings is 1. The molecule has 0 saturated heterocycles. The van der Waals surface area contributed by atoms with Gasteiger partial charge in [-0.3, -0.25) is 4.79 Å². The molecule has 4 nitrogen and oxygen atoms in total. The number of nitrogens with one attached hydrogen (secondary N) is 2. The van der Waals surface area contributed by atoms with Crippen molar-refractivity contribution in [3.63, 3.8) is 0 Å². The minimum absolute atomic E-state index is 0.108. The van der Waals surface area contributed by atoms with E-state index in [1.807, 2.05) is 42.5 Å². The number of aromatic nitrogens is 2. The van der Waals surface area contributed by atoms with Gasteiger partial charge in [-0.25, -0.2) is 4.98 Å². The van der Waals surface area contributed by atoms with Gasteiger partial charge in [0.2, 0.25) is 5.91 Å². The van der Waals surface area contributed by atoms with Crippen molar-refractivity contribution >= 4 is 16.9 Å². The van der Waals surface area contributed by atoms with Gasteiger partial charge in [0.15, 0.2) is 0 Å². The third kappa shape index (κ3) is 4.42. The van der Waals surface area contributed by atoms with Gasteiger partial charge in [0.1, 0.15) is 5.82 Å². The summed E-state index contributed by atoms with van der Waals surface area (Å²) in [4.78, 5) is 19.7. The van der Waals surface area contributed by atoms with Crippen LogP contribution < -0.4 is 5.32 Å². The zero-order valence-corrected chi connectivity index (χ0v) is 13.1. The van der Waals surface area contributed by atoms with E-state index in [1.54, 1.807) is 0 Å². The molecule has 0 saturated carbocycles. The van der Waals surface area contributed by atoms with Crippen molar-refractivity contribution in [3.8, 4) is 0 Å². The molecule has 0 aliphatic rings. The van der Waals surface area contributed by atoms with Gasteiger partial charge < -0.3 is 10.3 Å². The highest BCUT2D eigenvalue weighted by atomic mass is 16.1. The Morgan fingerprint density at radius 3 is 2.61 bits per heavy atom. The second kappa shape index (κ2) is 7.58. The van der Waals surface area contributed by atoms with Gasteiger partial charge in [0.25, 0.3) is 0 Å². The molecule has 0 spiro atoms. The Morgan fingerprint density at radius 2 is 1.78 bits per heavy atom. The zero-order valence-electron chi connectivity index (χ0n) is 13.1. The second-order valence-corrected chi connectivity index (χ2v) is 5.64. The normalized spacial score (nSPS) is 10.8. The van der Waals surface area contributed by atoms with Crippen LogP contribution in [0.2, 0.25) is 0 Å². The van der Waals surface area contributed by atoms with E-state index in [0.717, 1.165) is 36.1 Å². The number of carbonyl (C=O) groups is 1. The fourth-order valence-corrected chi connectivity index (χ4v) is 2.62. The summed E-state index contributed by atoms with van der Waals surface area (Å²) in [6.07, 6.45) is 3.00. The van der Waals surface area contributed by atoms with Crippen LogP contribution in [0.1, 0.15) is 24.2 Å². The molecule has 0 radical (unpaired) electrons. The molecule has 0 bridgehead atoms. The summed E-state index contributed by atoms with van der Waals surface area (Å²) in [5, 5.41) is 2.97. The summed E-state index contributed by atoms with van der Waals surface area (Å²) in [5.74, 6) is 1.06. The summed E-state index contributed by atoms with van der Waals surface area (Å²) in [6, 6.07) is 18.2. The number of carbonyl (C=O) groups excluding carboxylic acids is 1. The molecule has 2 N–H and O–H groups in total. The van der Waals surface area contributed by atoms with Crippen molar-refractivity contribution in [3.05, 3.63) is 66.0 Å². The predicted molar refractivity (Wildman–Crippen MR) is 92.2 cm³/mol. The Morgan fingerprint density at radius 1 is 1.00 bits per heavy atom. The number of aryl methyl sites for hydroxylation is 1. The maximum atomic E-state index is 11.9. The van der Waals surface area contributed by atoms with Crippen molar-refractivity contribution in [2.45, 2.75) is 25.7 Å². The summed E-state index contributed by atoms with van der Waals surface area (Å²) in [6.45, 7) is 0.688.